The smallest absolute Gasteiger partial charge is 0.417 e. The summed E-state index contributed by atoms with van der Waals surface area (Å²) in [6.07, 6.45) is -0.638. The molecule has 0 unspecified atom stereocenters. The summed E-state index contributed by atoms with van der Waals surface area (Å²) in [5.41, 5.74) is 5.64. The van der Waals surface area contributed by atoms with Crippen LogP contribution in [0.1, 0.15) is 26.3 Å². The maximum Gasteiger partial charge on any atom is 0.417 e. The van der Waals surface area contributed by atoms with E-state index in [9.17, 15) is 4.79 Å². The highest BCUT2D eigenvalue weighted by Gasteiger charge is 2.24. The van der Waals surface area contributed by atoms with Crippen LogP contribution in [0.15, 0.2) is 24.3 Å². The van der Waals surface area contributed by atoms with Gasteiger partial charge in [0.2, 0.25) is 0 Å². The Morgan fingerprint density at radius 3 is 2.25 bits per heavy atom. The molecule has 0 atom stereocenters. The fraction of sp³-hybridized carbons (Fsp3) is 0.429. The number of ether oxygens (including phenoxy) is 2. The SMILES string of the molecule is COc1ccc(CN(C(=N)N)C(=O)OC(C)(C)C)cc1. The molecule has 0 aliphatic heterocycles. The predicted octanol–water partition coefficient (Wildman–Crippen LogP) is 2.33. The van der Waals surface area contributed by atoms with Crippen molar-refractivity contribution in [3.05, 3.63) is 29.8 Å². The van der Waals surface area contributed by atoms with Crippen LogP contribution in [-0.2, 0) is 11.3 Å². The Bertz CT molecular complexity index is 477. The molecule has 0 aromatic heterocycles. The van der Waals surface area contributed by atoms with E-state index in [4.69, 9.17) is 20.6 Å². The van der Waals surface area contributed by atoms with Gasteiger partial charge in [-0.25, -0.2) is 9.69 Å². The molecule has 0 aliphatic carbocycles. The number of amides is 1. The second-order valence-electron chi connectivity index (χ2n) is 5.30. The number of hydrogen-bond donors (Lipinski definition) is 2. The van der Waals surface area contributed by atoms with Crippen molar-refractivity contribution in [3.63, 3.8) is 0 Å². The maximum absolute atomic E-state index is 12.0. The second-order valence-corrected chi connectivity index (χ2v) is 5.30. The van der Waals surface area contributed by atoms with Crippen LogP contribution in [0.25, 0.3) is 0 Å². The molecule has 0 heterocycles. The highest BCUT2D eigenvalue weighted by molar-refractivity contribution is 5.91. The lowest BCUT2D eigenvalue weighted by molar-refractivity contribution is 0.0356. The van der Waals surface area contributed by atoms with Gasteiger partial charge in [0.1, 0.15) is 11.4 Å². The Hall–Kier alpha value is -2.24. The van der Waals surface area contributed by atoms with Crippen molar-refractivity contribution in [1.29, 1.82) is 5.41 Å². The summed E-state index contributed by atoms with van der Waals surface area (Å²) < 4.78 is 10.3. The second kappa shape index (κ2) is 6.27. The number of nitrogens with two attached hydrogens (primary N) is 1. The van der Waals surface area contributed by atoms with Gasteiger partial charge in [-0.05, 0) is 38.5 Å². The van der Waals surface area contributed by atoms with Crippen LogP contribution in [0.2, 0.25) is 0 Å². The zero-order valence-corrected chi connectivity index (χ0v) is 12.3. The third-order valence-electron chi connectivity index (χ3n) is 2.40. The zero-order valence-electron chi connectivity index (χ0n) is 12.3. The average molecular weight is 279 g/mol. The molecule has 1 rings (SSSR count). The number of rotatable bonds is 3. The van der Waals surface area contributed by atoms with E-state index >= 15 is 0 Å². The van der Waals surface area contributed by atoms with Crippen molar-refractivity contribution >= 4 is 12.1 Å². The Morgan fingerprint density at radius 1 is 1.30 bits per heavy atom. The molecule has 110 valence electrons. The lowest BCUT2D eigenvalue weighted by Crippen LogP contribution is -2.43. The van der Waals surface area contributed by atoms with Gasteiger partial charge >= 0.3 is 6.09 Å². The molecule has 0 saturated carbocycles. The van der Waals surface area contributed by atoms with Crippen LogP contribution < -0.4 is 10.5 Å². The van der Waals surface area contributed by atoms with E-state index in [-0.39, 0.29) is 12.5 Å². The summed E-state index contributed by atoms with van der Waals surface area (Å²) in [6.45, 7) is 5.46. The molecule has 3 N–H and O–H groups in total. The summed E-state index contributed by atoms with van der Waals surface area (Å²) >= 11 is 0. The van der Waals surface area contributed by atoms with Gasteiger partial charge in [0.05, 0.1) is 13.7 Å². The van der Waals surface area contributed by atoms with E-state index in [0.717, 1.165) is 16.2 Å². The molecular weight excluding hydrogens is 258 g/mol. The lowest BCUT2D eigenvalue weighted by atomic mass is 10.2. The number of methoxy groups -OCH3 is 1. The van der Waals surface area contributed by atoms with Crippen molar-refractivity contribution < 1.29 is 14.3 Å². The zero-order chi connectivity index (χ0) is 15.3. The predicted molar refractivity (Wildman–Crippen MR) is 76.7 cm³/mol. The standard InChI is InChI=1S/C14H21N3O3/c1-14(2,3)20-13(18)17(12(15)16)9-10-5-7-11(19-4)8-6-10/h5-8H,9H2,1-4H3,(H3,15,16). The first-order valence-corrected chi connectivity index (χ1v) is 6.20. The van der Waals surface area contributed by atoms with Gasteiger partial charge < -0.3 is 15.2 Å². The minimum Gasteiger partial charge on any atom is -0.497 e. The van der Waals surface area contributed by atoms with E-state index in [1.54, 1.807) is 52.1 Å². The number of benzene rings is 1. The third-order valence-corrected chi connectivity index (χ3v) is 2.40. The van der Waals surface area contributed by atoms with E-state index < -0.39 is 11.7 Å². The number of carbonyl (C=O) groups is 1. The number of carbonyl (C=O) groups excluding carboxylic acids is 1. The van der Waals surface area contributed by atoms with Gasteiger partial charge in [0, 0.05) is 0 Å². The molecular formula is C14H21N3O3. The van der Waals surface area contributed by atoms with Crippen LogP contribution in [0.4, 0.5) is 4.79 Å². The fourth-order valence-corrected chi connectivity index (χ4v) is 1.48. The Kier molecular flexibility index (Phi) is 4.96. The maximum atomic E-state index is 12.0. The van der Waals surface area contributed by atoms with Gasteiger partial charge in [-0.1, -0.05) is 12.1 Å². The van der Waals surface area contributed by atoms with Crippen molar-refractivity contribution in [2.45, 2.75) is 32.9 Å². The van der Waals surface area contributed by atoms with Crippen LogP contribution in [0.3, 0.4) is 0 Å². The van der Waals surface area contributed by atoms with E-state index in [2.05, 4.69) is 0 Å². The summed E-state index contributed by atoms with van der Waals surface area (Å²) in [7, 11) is 1.58. The molecule has 0 spiro atoms. The average Bonchev–Trinajstić information content (AvgIpc) is 2.34. The van der Waals surface area contributed by atoms with Crippen molar-refractivity contribution in [3.8, 4) is 5.75 Å². The van der Waals surface area contributed by atoms with Crippen LogP contribution in [0, 0.1) is 5.41 Å². The molecule has 1 aromatic rings. The van der Waals surface area contributed by atoms with E-state index in [1.807, 2.05) is 0 Å². The number of nitrogens with one attached hydrogen (secondary N) is 1. The van der Waals surface area contributed by atoms with Crippen LogP contribution in [-0.4, -0.2) is 29.7 Å². The molecule has 20 heavy (non-hydrogen) atoms. The first-order valence-electron chi connectivity index (χ1n) is 6.20. The topological polar surface area (TPSA) is 88.6 Å². The van der Waals surface area contributed by atoms with Gasteiger partial charge in [0.25, 0.3) is 0 Å². The first-order chi connectivity index (χ1) is 9.23. The van der Waals surface area contributed by atoms with Gasteiger partial charge in [0.15, 0.2) is 5.96 Å². The van der Waals surface area contributed by atoms with E-state index in [1.165, 1.54) is 0 Å². The molecule has 0 radical (unpaired) electrons. The molecule has 0 fully saturated rings. The van der Waals surface area contributed by atoms with Gasteiger partial charge in [-0.2, -0.15) is 0 Å². The van der Waals surface area contributed by atoms with Crippen molar-refractivity contribution in [1.82, 2.24) is 4.90 Å². The Labute approximate surface area is 119 Å². The van der Waals surface area contributed by atoms with E-state index in [0.29, 0.717) is 0 Å². The minimum atomic E-state index is -0.638. The van der Waals surface area contributed by atoms with Crippen LogP contribution in [0.5, 0.6) is 5.75 Å². The summed E-state index contributed by atoms with van der Waals surface area (Å²) in [5.74, 6) is 0.371. The number of nitrogens with zero attached hydrogens (tertiary/aromatic N) is 1. The van der Waals surface area contributed by atoms with Crippen molar-refractivity contribution in [2.75, 3.05) is 7.11 Å². The van der Waals surface area contributed by atoms with Gasteiger partial charge in [-0.3, -0.25) is 5.41 Å². The van der Waals surface area contributed by atoms with Crippen LogP contribution >= 0.6 is 0 Å². The third kappa shape index (κ3) is 4.79. The van der Waals surface area contributed by atoms with Crippen molar-refractivity contribution in [2.24, 2.45) is 5.73 Å². The monoisotopic (exact) mass is 279 g/mol. The highest BCUT2D eigenvalue weighted by Crippen LogP contribution is 2.15. The Balaban J connectivity index is 2.81. The largest absolute Gasteiger partial charge is 0.497 e. The molecule has 0 bridgehead atoms. The fourth-order valence-electron chi connectivity index (χ4n) is 1.48. The molecule has 1 aromatic carbocycles. The first kappa shape index (κ1) is 15.8. The molecule has 6 nitrogen and oxygen atoms in total. The summed E-state index contributed by atoms with van der Waals surface area (Å²) in [6, 6.07) is 7.17. The normalized spacial score (nSPS) is 10.8. The molecule has 6 heteroatoms. The quantitative estimate of drug-likeness (QED) is 0.656. The minimum absolute atomic E-state index is 0.175. The highest BCUT2D eigenvalue weighted by atomic mass is 16.6. The molecule has 0 aliphatic rings. The van der Waals surface area contributed by atoms with Gasteiger partial charge in [-0.15, -0.1) is 0 Å². The molecule has 0 saturated heterocycles. The number of guanidine groups is 1. The lowest BCUT2D eigenvalue weighted by Gasteiger charge is -2.26. The Morgan fingerprint density at radius 2 is 1.85 bits per heavy atom. The summed E-state index contributed by atoms with van der Waals surface area (Å²) in [5, 5.41) is 7.50. The molecule has 1 amide bonds. The summed E-state index contributed by atoms with van der Waals surface area (Å²) in [4.78, 5) is 13.1. The number of hydrogen-bond acceptors (Lipinski definition) is 4.